The van der Waals surface area contributed by atoms with Gasteiger partial charge in [-0.15, -0.1) is 0 Å². The number of hydrogen-bond acceptors (Lipinski definition) is 2. The molecule has 0 atom stereocenters. The Balaban J connectivity index is 1.08. The number of rotatable bonds is 5. The third kappa shape index (κ3) is 4.69. The van der Waals surface area contributed by atoms with E-state index in [1.165, 1.54) is 65.7 Å². The molecule has 1 aliphatic carbocycles. The molecule has 260 valence electrons. The van der Waals surface area contributed by atoms with Gasteiger partial charge in [-0.05, 0) is 120 Å². The second-order valence-corrected chi connectivity index (χ2v) is 14.9. The van der Waals surface area contributed by atoms with Crippen LogP contribution in [0.15, 0.2) is 205 Å². The standard InChI is InChI=1S/C54H33NO/c1-3-12-34(13-4-1)37-22-23-38-30-47-48-31-39-24-26-42(29-41(39)33-50(48)49(47)32-40(38)28-37)55(51-20-11-19-46-45-18-9-10-21-52(45)56-54(46)51)53-43-17-8-7-16-36(43)25-27-44(53)35-14-5-2-6-15-35/h1-33H. The maximum atomic E-state index is 6.77. The van der Waals surface area contributed by atoms with E-state index < -0.39 is 0 Å². The summed E-state index contributed by atoms with van der Waals surface area (Å²) in [6.45, 7) is 0. The molecule has 0 radical (unpaired) electrons. The van der Waals surface area contributed by atoms with E-state index in [4.69, 9.17) is 4.42 Å². The van der Waals surface area contributed by atoms with Crippen LogP contribution in [0.25, 0.3) is 98.8 Å². The molecular weight excluding hydrogens is 679 g/mol. The molecule has 10 aromatic carbocycles. The average Bonchev–Trinajstić information content (AvgIpc) is 3.65. The number of benzene rings is 10. The molecule has 0 saturated heterocycles. The van der Waals surface area contributed by atoms with Crippen LogP contribution in [0.3, 0.4) is 0 Å². The number of anilines is 3. The lowest BCUT2D eigenvalue weighted by molar-refractivity contribution is 0.669. The van der Waals surface area contributed by atoms with Crippen molar-refractivity contribution in [3.05, 3.63) is 200 Å². The molecule has 0 saturated carbocycles. The van der Waals surface area contributed by atoms with Crippen molar-refractivity contribution in [1.29, 1.82) is 0 Å². The molecular formula is C54H33NO. The highest BCUT2D eigenvalue weighted by molar-refractivity contribution is 6.15. The van der Waals surface area contributed by atoms with Gasteiger partial charge < -0.3 is 9.32 Å². The van der Waals surface area contributed by atoms with Gasteiger partial charge in [0.1, 0.15) is 5.58 Å². The fourth-order valence-electron chi connectivity index (χ4n) is 9.00. The molecule has 0 aliphatic heterocycles. The Morgan fingerprint density at radius 3 is 1.68 bits per heavy atom. The Bertz CT molecular complexity index is 3360. The lowest BCUT2D eigenvalue weighted by Gasteiger charge is -2.30. The highest BCUT2D eigenvalue weighted by Gasteiger charge is 2.27. The summed E-state index contributed by atoms with van der Waals surface area (Å²) >= 11 is 0. The molecule has 0 spiro atoms. The van der Waals surface area contributed by atoms with Gasteiger partial charge in [0.05, 0.1) is 11.4 Å². The summed E-state index contributed by atoms with van der Waals surface area (Å²) in [5, 5.41) is 9.54. The van der Waals surface area contributed by atoms with E-state index in [1.54, 1.807) is 0 Å². The maximum absolute atomic E-state index is 6.77. The molecule has 0 unspecified atom stereocenters. The van der Waals surface area contributed by atoms with Crippen LogP contribution in [-0.2, 0) is 0 Å². The van der Waals surface area contributed by atoms with Gasteiger partial charge in [-0.1, -0.05) is 146 Å². The summed E-state index contributed by atoms with van der Waals surface area (Å²) in [5.74, 6) is 0. The SMILES string of the molecule is c1ccc(-c2ccc3cc4c(cc3c2)-c2cc3cc(N(c5c(-c6ccccc6)ccc6ccccc56)c5cccc6c5oc5ccccc56)ccc3cc2-4)cc1. The third-order valence-electron chi connectivity index (χ3n) is 11.7. The number of para-hydroxylation sites is 2. The van der Waals surface area contributed by atoms with E-state index in [1.807, 2.05) is 6.07 Å². The quantitative estimate of drug-likeness (QED) is 0.177. The smallest absolute Gasteiger partial charge is 0.159 e. The second kappa shape index (κ2) is 12.0. The van der Waals surface area contributed by atoms with Crippen molar-refractivity contribution in [1.82, 2.24) is 0 Å². The summed E-state index contributed by atoms with van der Waals surface area (Å²) < 4.78 is 6.77. The monoisotopic (exact) mass is 711 g/mol. The molecule has 56 heavy (non-hydrogen) atoms. The van der Waals surface area contributed by atoms with Crippen LogP contribution in [0.4, 0.5) is 17.1 Å². The van der Waals surface area contributed by atoms with Crippen molar-refractivity contribution in [2.45, 2.75) is 0 Å². The van der Waals surface area contributed by atoms with Gasteiger partial charge in [-0.3, -0.25) is 0 Å². The van der Waals surface area contributed by atoms with Gasteiger partial charge >= 0.3 is 0 Å². The number of fused-ring (bicyclic) bond motifs is 10. The molecule has 1 aromatic heterocycles. The zero-order chi connectivity index (χ0) is 36.7. The second-order valence-electron chi connectivity index (χ2n) is 14.9. The fourth-order valence-corrected chi connectivity index (χ4v) is 9.00. The Hall–Kier alpha value is -7.42. The first kappa shape index (κ1) is 31.0. The molecule has 11 aromatic rings. The highest BCUT2D eigenvalue weighted by Crippen LogP contribution is 2.52. The summed E-state index contributed by atoms with van der Waals surface area (Å²) in [7, 11) is 0. The first-order valence-corrected chi connectivity index (χ1v) is 19.2. The van der Waals surface area contributed by atoms with Gasteiger partial charge in [0.15, 0.2) is 5.58 Å². The van der Waals surface area contributed by atoms with Crippen molar-refractivity contribution in [3.63, 3.8) is 0 Å². The van der Waals surface area contributed by atoms with Crippen LogP contribution in [0, 0.1) is 0 Å². The van der Waals surface area contributed by atoms with Gasteiger partial charge in [0.25, 0.3) is 0 Å². The van der Waals surface area contributed by atoms with Crippen molar-refractivity contribution in [2.24, 2.45) is 0 Å². The summed E-state index contributed by atoms with van der Waals surface area (Å²) in [6.07, 6.45) is 0. The molecule has 12 rings (SSSR count). The average molecular weight is 712 g/mol. The predicted molar refractivity (Wildman–Crippen MR) is 236 cm³/mol. The largest absolute Gasteiger partial charge is 0.454 e. The van der Waals surface area contributed by atoms with E-state index in [0.717, 1.165) is 50.1 Å². The lowest BCUT2D eigenvalue weighted by Crippen LogP contribution is -2.12. The Labute approximate surface area is 324 Å². The topological polar surface area (TPSA) is 16.4 Å². The minimum absolute atomic E-state index is 0.869. The van der Waals surface area contributed by atoms with Gasteiger partial charge in [-0.2, -0.15) is 0 Å². The Morgan fingerprint density at radius 1 is 0.321 bits per heavy atom. The van der Waals surface area contributed by atoms with Crippen LogP contribution in [0.5, 0.6) is 0 Å². The van der Waals surface area contributed by atoms with E-state index in [0.29, 0.717) is 0 Å². The fraction of sp³-hybridized carbons (Fsp3) is 0. The van der Waals surface area contributed by atoms with Crippen LogP contribution in [0.1, 0.15) is 0 Å². The van der Waals surface area contributed by atoms with E-state index in [2.05, 4.69) is 199 Å². The lowest BCUT2D eigenvalue weighted by atomic mass is 9.77. The van der Waals surface area contributed by atoms with Crippen molar-refractivity contribution in [2.75, 3.05) is 4.90 Å². The van der Waals surface area contributed by atoms with Crippen LogP contribution in [0.2, 0.25) is 0 Å². The maximum Gasteiger partial charge on any atom is 0.159 e. The highest BCUT2D eigenvalue weighted by atomic mass is 16.3. The zero-order valence-corrected chi connectivity index (χ0v) is 30.4. The summed E-state index contributed by atoms with van der Waals surface area (Å²) in [6, 6.07) is 72.8. The first-order chi connectivity index (χ1) is 27.7. The van der Waals surface area contributed by atoms with E-state index >= 15 is 0 Å². The van der Waals surface area contributed by atoms with Crippen molar-refractivity contribution >= 4 is 71.3 Å². The molecule has 1 aliphatic rings. The molecule has 0 fully saturated rings. The molecule has 2 nitrogen and oxygen atoms in total. The minimum Gasteiger partial charge on any atom is -0.454 e. The van der Waals surface area contributed by atoms with Crippen molar-refractivity contribution < 1.29 is 4.42 Å². The number of furan rings is 1. The number of hydrogen-bond donors (Lipinski definition) is 0. The summed E-state index contributed by atoms with van der Waals surface area (Å²) in [4.78, 5) is 2.43. The Kier molecular flexibility index (Phi) is 6.66. The third-order valence-corrected chi connectivity index (χ3v) is 11.7. The van der Waals surface area contributed by atoms with Gasteiger partial charge in [-0.25, -0.2) is 0 Å². The van der Waals surface area contributed by atoms with E-state index in [9.17, 15) is 0 Å². The summed E-state index contributed by atoms with van der Waals surface area (Å²) in [5.41, 5.74) is 15.0. The molecule has 1 heterocycles. The minimum atomic E-state index is 0.869. The van der Waals surface area contributed by atoms with Gasteiger partial charge in [0, 0.05) is 27.4 Å². The Morgan fingerprint density at radius 2 is 0.911 bits per heavy atom. The van der Waals surface area contributed by atoms with Crippen LogP contribution >= 0.6 is 0 Å². The van der Waals surface area contributed by atoms with Crippen LogP contribution in [-0.4, -0.2) is 0 Å². The zero-order valence-electron chi connectivity index (χ0n) is 30.4. The normalized spacial score (nSPS) is 11.9. The van der Waals surface area contributed by atoms with Crippen LogP contribution < -0.4 is 4.90 Å². The molecule has 0 bridgehead atoms. The molecule has 0 N–H and O–H groups in total. The predicted octanol–water partition coefficient (Wildman–Crippen LogP) is 15.5. The molecule has 0 amide bonds. The number of nitrogens with zero attached hydrogens (tertiary/aromatic N) is 1. The van der Waals surface area contributed by atoms with Crippen molar-refractivity contribution in [3.8, 4) is 44.5 Å². The van der Waals surface area contributed by atoms with Gasteiger partial charge in [0.2, 0.25) is 0 Å². The molecule has 2 heteroatoms. The van der Waals surface area contributed by atoms with E-state index in [-0.39, 0.29) is 0 Å². The first-order valence-electron chi connectivity index (χ1n) is 19.2.